The molecule has 1 amide bonds. The molecule has 8 nitrogen and oxygen atoms in total. The van der Waals surface area contributed by atoms with Crippen LogP contribution in [-0.4, -0.2) is 37.2 Å². The van der Waals surface area contributed by atoms with Crippen LogP contribution < -0.4 is 10.1 Å². The van der Waals surface area contributed by atoms with E-state index >= 15 is 0 Å². The van der Waals surface area contributed by atoms with Crippen LogP contribution >= 0.6 is 11.6 Å². The number of halogens is 6. The summed E-state index contributed by atoms with van der Waals surface area (Å²) >= 11 is 6.17. The van der Waals surface area contributed by atoms with Crippen molar-refractivity contribution in [1.29, 1.82) is 5.26 Å². The molecule has 4 rings (SSSR count). The summed E-state index contributed by atoms with van der Waals surface area (Å²) in [5.41, 5.74) is -1.67. The number of carbonyl (C=O) groups excluding carboxylic acids is 1. The molecule has 3 aromatic rings. The van der Waals surface area contributed by atoms with E-state index in [1.807, 2.05) is 6.07 Å². The molecule has 0 radical (unpaired) electrons. The molecule has 1 saturated carbocycles. The number of amides is 1. The van der Waals surface area contributed by atoms with Gasteiger partial charge in [0.15, 0.2) is 11.5 Å². The van der Waals surface area contributed by atoms with Crippen molar-refractivity contribution < 1.29 is 31.5 Å². The fourth-order valence-electron chi connectivity index (χ4n) is 3.42. The molecule has 0 aliphatic heterocycles. The Morgan fingerprint density at radius 2 is 2.00 bits per heavy atom. The van der Waals surface area contributed by atoms with Gasteiger partial charge in [-0.15, -0.1) is 0 Å². The molecule has 36 heavy (non-hydrogen) atoms. The zero-order valence-corrected chi connectivity index (χ0v) is 19.2. The highest BCUT2D eigenvalue weighted by Crippen LogP contribution is 2.48. The van der Waals surface area contributed by atoms with Crippen LogP contribution in [0.25, 0.3) is 16.9 Å². The van der Waals surface area contributed by atoms with Gasteiger partial charge < -0.3 is 10.1 Å². The third-order valence-electron chi connectivity index (χ3n) is 5.49. The van der Waals surface area contributed by atoms with E-state index < -0.39 is 35.0 Å². The Morgan fingerprint density at radius 3 is 2.58 bits per heavy atom. The number of hydrogen-bond donors (Lipinski definition) is 1. The molecule has 2 aromatic heterocycles. The predicted molar refractivity (Wildman–Crippen MR) is 117 cm³/mol. The van der Waals surface area contributed by atoms with Gasteiger partial charge in [-0.1, -0.05) is 24.2 Å². The predicted octanol–water partition coefficient (Wildman–Crippen LogP) is 4.89. The number of ether oxygens (including phenoxy) is 1. The van der Waals surface area contributed by atoms with Crippen LogP contribution in [0, 0.1) is 11.3 Å². The molecule has 1 N–H and O–H groups in total. The van der Waals surface area contributed by atoms with Crippen LogP contribution in [0.1, 0.15) is 28.9 Å². The number of carbonyl (C=O) groups is 1. The standard InChI is InChI=1S/C22H16ClF5N6O2/c1-3-36-16-17(21(24,25)22(26,27)28)32-33(2)19(16)34-10-13(9-30-34)12-4-5-15(23)14(8-12)18(35)31-20(11-29)6-7-20/h3-5,8-10H,1,6-7H2,2H3,(H,31,35). The van der Waals surface area contributed by atoms with Crippen molar-refractivity contribution in [2.24, 2.45) is 7.05 Å². The van der Waals surface area contributed by atoms with Crippen molar-refractivity contribution in [1.82, 2.24) is 24.9 Å². The number of aromatic nitrogens is 4. The minimum atomic E-state index is -5.92. The van der Waals surface area contributed by atoms with Crippen LogP contribution in [0.3, 0.4) is 0 Å². The summed E-state index contributed by atoms with van der Waals surface area (Å²) in [6, 6.07) is 6.50. The summed E-state index contributed by atoms with van der Waals surface area (Å²) in [7, 11) is 1.15. The number of nitriles is 1. The molecule has 2 heterocycles. The molecule has 1 aromatic carbocycles. The highest BCUT2D eigenvalue weighted by atomic mass is 35.5. The van der Waals surface area contributed by atoms with E-state index in [9.17, 15) is 32.0 Å². The Kier molecular flexibility index (Phi) is 6.04. The molecule has 1 fully saturated rings. The fourth-order valence-corrected chi connectivity index (χ4v) is 3.62. The molecule has 0 atom stereocenters. The van der Waals surface area contributed by atoms with Crippen LogP contribution in [0.4, 0.5) is 22.0 Å². The first-order chi connectivity index (χ1) is 16.8. The lowest BCUT2D eigenvalue weighted by atomic mass is 10.1. The van der Waals surface area contributed by atoms with E-state index in [0.29, 0.717) is 30.2 Å². The molecule has 0 saturated heterocycles. The van der Waals surface area contributed by atoms with E-state index in [1.165, 1.54) is 24.5 Å². The van der Waals surface area contributed by atoms with Gasteiger partial charge in [-0.3, -0.25) is 4.79 Å². The molecule has 1 aliphatic carbocycles. The molecule has 14 heteroatoms. The largest absolute Gasteiger partial charge is 0.459 e. The van der Waals surface area contributed by atoms with Gasteiger partial charge in [0.05, 0.1) is 29.1 Å². The topological polar surface area (TPSA) is 97.8 Å². The lowest BCUT2D eigenvalue weighted by Crippen LogP contribution is -2.35. The maximum absolute atomic E-state index is 14.1. The van der Waals surface area contributed by atoms with Gasteiger partial charge in [-0.25, -0.2) is 9.36 Å². The molecule has 188 valence electrons. The zero-order valence-electron chi connectivity index (χ0n) is 18.4. The van der Waals surface area contributed by atoms with Crippen molar-refractivity contribution in [3.8, 4) is 28.8 Å². The third kappa shape index (κ3) is 4.28. The molecular formula is C22H16ClF5N6O2. The minimum absolute atomic E-state index is 0.0896. The number of benzene rings is 1. The van der Waals surface area contributed by atoms with E-state index in [2.05, 4.69) is 22.1 Å². The second kappa shape index (κ2) is 8.63. The number of aryl methyl sites for hydroxylation is 1. The van der Waals surface area contributed by atoms with E-state index in [-0.39, 0.29) is 16.4 Å². The summed E-state index contributed by atoms with van der Waals surface area (Å²) in [4.78, 5) is 12.7. The summed E-state index contributed by atoms with van der Waals surface area (Å²) in [5, 5.41) is 19.4. The normalized spacial score (nSPS) is 14.7. The van der Waals surface area contributed by atoms with Crippen molar-refractivity contribution in [2.75, 3.05) is 0 Å². The summed E-state index contributed by atoms with van der Waals surface area (Å²) < 4.78 is 73.9. The lowest BCUT2D eigenvalue weighted by Gasteiger charge is -2.18. The first-order valence-electron chi connectivity index (χ1n) is 10.2. The Hall–Kier alpha value is -3.92. The first-order valence-corrected chi connectivity index (χ1v) is 10.6. The van der Waals surface area contributed by atoms with Gasteiger partial charge in [0, 0.05) is 18.8 Å². The zero-order chi connectivity index (χ0) is 26.5. The number of rotatable bonds is 7. The number of alkyl halides is 5. The van der Waals surface area contributed by atoms with Crippen LogP contribution in [-0.2, 0) is 13.0 Å². The molecular weight excluding hydrogens is 511 g/mol. The van der Waals surface area contributed by atoms with Gasteiger partial charge in [0.1, 0.15) is 5.54 Å². The summed E-state index contributed by atoms with van der Waals surface area (Å²) in [6.07, 6.45) is -1.56. The Balaban J connectivity index is 1.73. The smallest absolute Gasteiger partial charge is 0.459 e. The third-order valence-corrected chi connectivity index (χ3v) is 5.82. The number of hydrogen-bond acceptors (Lipinski definition) is 5. The summed E-state index contributed by atoms with van der Waals surface area (Å²) in [5.74, 6) is -7.07. The molecule has 0 spiro atoms. The fraction of sp³-hybridized carbons (Fsp3) is 0.273. The van der Waals surface area contributed by atoms with Crippen LogP contribution in [0.15, 0.2) is 43.4 Å². The van der Waals surface area contributed by atoms with E-state index in [4.69, 9.17) is 16.3 Å². The quantitative estimate of drug-likeness (QED) is 0.349. The highest BCUT2D eigenvalue weighted by molar-refractivity contribution is 6.34. The highest BCUT2D eigenvalue weighted by Gasteiger charge is 2.62. The SMILES string of the molecule is C=COc1c(C(F)(F)C(F)(F)F)nn(C)c1-n1cc(-c2ccc(Cl)c(C(=O)NC3(C#N)CC3)c2)cn1. The maximum Gasteiger partial charge on any atom is 0.459 e. The summed E-state index contributed by atoms with van der Waals surface area (Å²) in [6.45, 7) is 3.22. The van der Waals surface area contributed by atoms with Crippen molar-refractivity contribution >= 4 is 17.5 Å². The average Bonchev–Trinajstić information content (AvgIpc) is 3.26. The van der Waals surface area contributed by atoms with Crippen molar-refractivity contribution in [3.63, 3.8) is 0 Å². The maximum atomic E-state index is 14.1. The number of nitrogens with one attached hydrogen (secondary N) is 1. The molecule has 0 bridgehead atoms. The van der Waals surface area contributed by atoms with Crippen LogP contribution in [0.5, 0.6) is 5.75 Å². The number of nitrogens with zero attached hydrogens (tertiary/aromatic N) is 5. The van der Waals surface area contributed by atoms with Crippen molar-refractivity contribution in [3.05, 3.63) is 59.7 Å². The minimum Gasteiger partial charge on any atom is -0.459 e. The van der Waals surface area contributed by atoms with E-state index in [0.717, 1.165) is 16.4 Å². The van der Waals surface area contributed by atoms with Gasteiger partial charge in [0.25, 0.3) is 5.91 Å². The second-order valence-electron chi connectivity index (χ2n) is 8.00. The van der Waals surface area contributed by atoms with E-state index in [1.54, 1.807) is 6.07 Å². The average molecular weight is 527 g/mol. The van der Waals surface area contributed by atoms with Gasteiger partial charge in [0.2, 0.25) is 5.75 Å². The second-order valence-corrected chi connectivity index (χ2v) is 8.41. The molecule has 0 unspecified atom stereocenters. The Bertz CT molecular complexity index is 1400. The Morgan fingerprint density at radius 1 is 1.31 bits per heavy atom. The van der Waals surface area contributed by atoms with Gasteiger partial charge in [-0.2, -0.15) is 37.4 Å². The Labute approximate surface area is 205 Å². The first kappa shape index (κ1) is 25.2. The van der Waals surface area contributed by atoms with Crippen molar-refractivity contribution in [2.45, 2.75) is 30.5 Å². The molecule has 1 aliphatic rings. The van der Waals surface area contributed by atoms with Gasteiger partial charge in [-0.05, 0) is 30.5 Å². The van der Waals surface area contributed by atoms with Crippen LogP contribution in [0.2, 0.25) is 5.02 Å². The monoisotopic (exact) mass is 526 g/mol. The van der Waals surface area contributed by atoms with Gasteiger partial charge >= 0.3 is 12.1 Å². The lowest BCUT2D eigenvalue weighted by molar-refractivity contribution is -0.291.